The maximum Gasteiger partial charge on any atom is 0.134 e. The van der Waals surface area contributed by atoms with Crippen molar-refractivity contribution in [2.75, 3.05) is 26.8 Å². The van der Waals surface area contributed by atoms with Crippen molar-refractivity contribution in [1.29, 1.82) is 0 Å². The van der Waals surface area contributed by atoms with Crippen LogP contribution in [0, 0.1) is 17.8 Å². The molecule has 1 aromatic carbocycles. The molecule has 1 aromatic rings. The molecule has 0 radical (unpaired) electrons. The number of hydrogen-bond donors (Lipinski definition) is 2. The first-order valence-electron chi connectivity index (χ1n) is 7.40. The molecule has 4 heteroatoms. The normalized spacial score (nSPS) is 21.9. The molecular formula is C17H24N2O2. The van der Waals surface area contributed by atoms with Crippen molar-refractivity contribution in [3.63, 3.8) is 0 Å². The lowest BCUT2D eigenvalue weighted by Crippen LogP contribution is -2.34. The van der Waals surface area contributed by atoms with Gasteiger partial charge in [0.1, 0.15) is 5.75 Å². The molecule has 1 fully saturated rings. The van der Waals surface area contributed by atoms with E-state index in [2.05, 4.69) is 35.8 Å². The number of rotatable bonds is 4. The van der Waals surface area contributed by atoms with Gasteiger partial charge in [-0.3, -0.25) is 4.90 Å². The van der Waals surface area contributed by atoms with Crippen LogP contribution in [0.25, 0.3) is 0 Å². The van der Waals surface area contributed by atoms with E-state index < -0.39 is 0 Å². The second-order valence-electron chi connectivity index (χ2n) is 5.53. The molecule has 3 N–H and O–H groups in total. The monoisotopic (exact) mass is 288 g/mol. The van der Waals surface area contributed by atoms with Gasteiger partial charge in [0.2, 0.25) is 0 Å². The van der Waals surface area contributed by atoms with E-state index in [9.17, 15) is 5.11 Å². The van der Waals surface area contributed by atoms with Gasteiger partial charge in [-0.1, -0.05) is 24.8 Å². The summed E-state index contributed by atoms with van der Waals surface area (Å²) in [6.07, 6.45) is 1.14. The molecule has 4 nitrogen and oxygen atoms in total. The highest BCUT2D eigenvalue weighted by Crippen LogP contribution is 2.26. The number of methoxy groups -OCH3 is 1. The van der Waals surface area contributed by atoms with Crippen molar-refractivity contribution in [2.45, 2.75) is 25.9 Å². The molecule has 1 heterocycles. The Morgan fingerprint density at radius 3 is 2.95 bits per heavy atom. The number of nitrogens with two attached hydrogens (primary N) is 1. The molecule has 0 bridgehead atoms. The van der Waals surface area contributed by atoms with Crippen molar-refractivity contribution >= 4 is 0 Å². The second kappa shape index (κ2) is 7.46. The summed E-state index contributed by atoms with van der Waals surface area (Å²) in [5.41, 5.74) is 7.49. The molecular weight excluding hydrogens is 264 g/mol. The van der Waals surface area contributed by atoms with Gasteiger partial charge in [-0.15, -0.1) is 0 Å². The standard InChI is InChI=1S/C17H24N2O2/c1-13-7-9-19(16(13)12-20)11-14-5-6-17(21-2)15(10-14)4-3-8-18/h5-6,10,13,16,20H,7-9,11-12,18H2,1-2H3. The van der Waals surface area contributed by atoms with Crippen molar-refractivity contribution < 1.29 is 9.84 Å². The van der Waals surface area contributed by atoms with Crippen molar-refractivity contribution in [3.8, 4) is 17.6 Å². The van der Waals surface area contributed by atoms with E-state index in [0.29, 0.717) is 12.5 Å². The molecule has 0 amide bonds. The summed E-state index contributed by atoms with van der Waals surface area (Å²) in [7, 11) is 1.65. The summed E-state index contributed by atoms with van der Waals surface area (Å²) < 4.78 is 5.33. The van der Waals surface area contributed by atoms with Crippen LogP contribution >= 0.6 is 0 Å². The maximum absolute atomic E-state index is 9.54. The predicted octanol–water partition coefficient (Wildman–Crippen LogP) is 1.21. The largest absolute Gasteiger partial charge is 0.495 e. The zero-order valence-corrected chi connectivity index (χ0v) is 12.8. The Kier molecular flexibility index (Phi) is 5.63. The average Bonchev–Trinajstić information content (AvgIpc) is 2.85. The molecule has 1 aliphatic heterocycles. The van der Waals surface area contributed by atoms with Crippen molar-refractivity contribution in [3.05, 3.63) is 29.3 Å². The van der Waals surface area contributed by atoms with Gasteiger partial charge in [-0.05, 0) is 36.6 Å². The van der Waals surface area contributed by atoms with Crippen LogP contribution in [0.4, 0.5) is 0 Å². The Morgan fingerprint density at radius 2 is 2.29 bits per heavy atom. The molecule has 0 aliphatic carbocycles. The van der Waals surface area contributed by atoms with Crippen LogP contribution in [0.15, 0.2) is 18.2 Å². The number of benzene rings is 1. The van der Waals surface area contributed by atoms with Gasteiger partial charge >= 0.3 is 0 Å². The van der Waals surface area contributed by atoms with E-state index in [1.54, 1.807) is 7.11 Å². The molecule has 114 valence electrons. The lowest BCUT2D eigenvalue weighted by Gasteiger charge is -2.25. The Balaban J connectivity index is 2.17. The Hall–Kier alpha value is -1.54. The number of hydrogen-bond acceptors (Lipinski definition) is 4. The van der Waals surface area contributed by atoms with E-state index in [1.165, 1.54) is 5.56 Å². The van der Waals surface area contributed by atoms with Gasteiger partial charge in [0.25, 0.3) is 0 Å². The first-order chi connectivity index (χ1) is 10.2. The minimum atomic E-state index is 0.219. The molecule has 0 spiro atoms. The molecule has 2 unspecified atom stereocenters. The van der Waals surface area contributed by atoms with E-state index in [1.807, 2.05) is 6.07 Å². The summed E-state index contributed by atoms with van der Waals surface area (Å²) >= 11 is 0. The Morgan fingerprint density at radius 1 is 1.48 bits per heavy atom. The quantitative estimate of drug-likeness (QED) is 0.818. The smallest absolute Gasteiger partial charge is 0.134 e. The van der Waals surface area contributed by atoms with Gasteiger partial charge in [0.15, 0.2) is 0 Å². The van der Waals surface area contributed by atoms with Crippen LogP contribution in [0.5, 0.6) is 5.75 Å². The third kappa shape index (κ3) is 3.76. The van der Waals surface area contributed by atoms with Gasteiger partial charge in [-0.25, -0.2) is 0 Å². The third-order valence-corrected chi connectivity index (χ3v) is 4.16. The van der Waals surface area contributed by atoms with Crippen LogP contribution in [-0.4, -0.2) is 42.9 Å². The van der Waals surface area contributed by atoms with E-state index in [4.69, 9.17) is 10.5 Å². The van der Waals surface area contributed by atoms with Crippen LogP contribution in [0.2, 0.25) is 0 Å². The van der Waals surface area contributed by atoms with Gasteiger partial charge in [0.05, 0.1) is 25.8 Å². The van der Waals surface area contributed by atoms with Crippen LogP contribution < -0.4 is 10.5 Å². The first kappa shape index (κ1) is 15.8. The fraction of sp³-hybridized carbons (Fsp3) is 0.529. The first-order valence-corrected chi connectivity index (χ1v) is 7.40. The number of nitrogens with zero attached hydrogens (tertiary/aromatic N) is 1. The SMILES string of the molecule is COc1ccc(CN2CCC(C)C2CO)cc1C#CCN. The molecule has 1 aliphatic rings. The molecule has 1 saturated heterocycles. The van der Waals surface area contributed by atoms with E-state index in [0.717, 1.165) is 30.8 Å². The number of aliphatic hydroxyl groups is 1. The summed E-state index contributed by atoms with van der Waals surface area (Å²) in [6.45, 7) is 4.62. The summed E-state index contributed by atoms with van der Waals surface area (Å²) in [4.78, 5) is 2.34. The minimum Gasteiger partial charge on any atom is -0.495 e. The van der Waals surface area contributed by atoms with Crippen LogP contribution in [0.3, 0.4) is 0 Å². The Bertz CT molecular complexity index is 533. The maximum atomic E-state index is 9.54. The average molecular weight is 288 g/mol. The van der Waals surface area contributed by atoms with Crippen LogP contribution in [-0.2, 0) is 6.54 Å². The lowest BCUT2D eigenvalue weighted by molar-refractivity contribution is 0.134. The Labute approximate surface area is 126 Å². The second-order valence-corrected chi connectivity index (χ2v) is 5.53. The predicted molar refractivity (Wildman–Crippen MR) is 84.0 cm³/mol. The third-order valence-electron chi connectivity index (χ3n) is 4.16. The number of ether oxygens (including phenoxy) is 1. The van der Waals surface area contributed by atoms with E-state index >= 15 is 0 Å². The zero-order chi connectivity index (χ0) is 15.2. The molecule has 0 saturated carbocycles. The van der Waals surface area contributed by atoms with Gasteiger partial charge in [0, 0.05) is 12.6 Å². The van der Waals surface area contributed by atoms with Gasteiger partial charge in [-0.2, -0.15) is 0 Å². The van der Waals surface area contributed by atoms with Crippen molar-refractivity contribution in [2.24, 2.45) is 11.7 Å². The zero-order valence-electron chi connectivity index (χ0n) is 12.8. The van der Waals surface area contributed by atoms with Crippen LogP contribution in [0.1, 0.15) is 24.5 Å². The highest BCUT2D eigenvalue weighted by atomic mass is 16.5. The summed E-state index contributed by atoms with van der Waals surface area (Å²) in [5.74, 6) is 7.24. The fourth-order valence-electron chi connectivity index (χ4n) is 2.91. The molecule has 2 atom stereocenters. The highest BCUT2D eigenvalue weighted by molar-refractivity contribution is 5.48. The molecule has 2 rings (SSSR count). The fourth-order valence-corrected chi connectivity index (χ4v) is 2.91. The lowest BCUT2D eigenvalue weighted by atomic mass is 10.0. The highest BCUT2D eigenvalue weighted by Gasteiger charge is 2.30. The number of aliphatic hydroxyl groups excluding tert-OH is 1. The topological polar surface area (TPSA) is 58.7 Å². The number of likely N-dealkylation sites (tertiary alicyclic amines) is 1. The van der Waals surface area contributed by atoms with E-state index in [-0.39, 0.29) is 12.6 Å². The molecule has 0 aromatic heterocycles. The summed E-state index contributed by atoms with van der Waals surface area (Å²) in [5, 5.41) is 9.54. The minimum absolute atomic E-state index is 0.219. The molecule has 21 heavy (non-hydrogen) atoms. The van der Waals surface area contributed by atoms with Gasteiger partial charge < -0.3 is 15.6 Å². The van der Waals surface area contributed by atoms with Crippen molar-refractivity contribution in [1.82, 2.24) is 4.90 Å². The summed E-state index contributed by atoms with van der Waals surface area (Å²) in [6, 6.07) is 6.32.